The van der Waals surface area contributed by atoms with Gasteiger partial charge in [-0.15, -0.1) is 0 Å². The first kappa shape index (κ1) is 28.5. The van der Waals surface area contributed by atoms with Crippen LogP contribution in [-0.2, 0) is 9.59 Å². The molecule has 0 saturated carbocycles. The number of phenols is 2. The van der Waals surface area contributed by atoms with Crippen LogP contribution in [0.4, 0.5) is 0 Å². The molecule has 0 spiro atoms. The number of ketones is 2. The fourth-order valence-electron chi connectivity index (χ4n) is 4.45. The molecule has 0 bridgehead atoms. The van der Waals surface area contributed by atoms with Gasteiger partial charge in [0.2, 0.25) is 0 Å². The van der Waals surface area contributed by atoms with Crippen molar-refractivity contribution in [3.63, 3.8) is 0 Å². The molecule has 0 saturated heterocycles. The summed E-state index contributed by atoms with van der Waals surface area (Å²) < 4.78 is 10.3. The minimum Gasteiger partial charge on any atom is -0.504 e. The maximum atomic E-state index is 13.4. The van der Waals surface area contributed by atoms with E-state index in [1.54, 1.807) is 18.2 Å². The Bertz CT molecular complexity index is 1340. The van der Waals surface area contributed by atoms with E-state index >= 15 is 0 Å². The van der Waals surface area contributed by atoms with Crippen LogP contribution in [0.5, 0.6) is 23.0 Å². The number of hydrogen-bond acceptors (Lipinski definition) is 7. The van der Waals surface area contributed by atoms with Gasteiger partial charge in [0.1, 0.15) is 5.60 Å². The predicted molar refractivity (Wildman–Crippen MR) is 147 cm³/mol. The first-order valence-corrected chi connectivity index (χ1v) is 12.2. The fourth-order valence-corrected chi connectivity index (χ4v) is 4.45. The lowest BCUT2D eigenvalue weighted by molar-refractivity contribution is -0.116. The first-order chi connectivity index (χ1) is 17.9. The zero-order valence-electron chi connectivity index (χ0n) is 22.3. The number of carbonyl (C=O) groups is 2. The van der Waals surface area contributed by atoms with E-state index in [1.165, 1.54) is 62.8 Å². The first-order valence-electron chi connectivity index (χ1n) is 12.2. The van der Waals surface area contributed by atoms with E-state index in [4.69, 9.17) is 9.47 Å². The number of rotatable bonds is 9. The van der Waals surface area contributed by atoms with Gasteiger partial charge in [-0.1, -0.05) is 38.1 Å². The van der Waals surface area contributed by atoms with E-state index in [-0.39, 0.29) is 28.6 Å². The molecule has 0 heterocycles. The van der Waals surface area contributed by atoms with Gasteiger partial charge in [-0.25, -0.2) is 0 Å². The third-order valence-corrected chi connectivity index (χ3v) is 7.01. The van der Waals surface area contributed by atoms with Crippen LogP contribution in [0.15, 0.2) is 71.8 Å². The average Bonchev–Trinajstić information content (AvgIpc) is 2.89. The summed E-state index contributed by atoms with van der Waals surface area (Å²) in [4.78, 5) is 26.7. The average molecular weight is 519 g/mol. The molecule has 3 N–H and O–H groups in total. The number of allylic oxidation sites excluding steroid dienone is 4. The van der Waals surface area contributed by atoms with Crippen molar-refractivity contribution < 1.29 is 34.4 Å². The van der Waals surface area contributed by atoms with Crippen LogP contribution in [0.2, 0.25) is 0 Å². The molecular formula is C31H34O7. The Kier molecular flexibility index (Phi) is 8.63. The highest BCUT2D eigenvalue weighted by molar-refractivity contribution is 6.30. The number of benzene rings is 2. The minimum absolute atomic E-state index is 0.0360. The number of phenolic OH excluding ortho intramolecular Hbond substituents is 2. The van der Waals surface area contributed by atoms with Gasteiger partial charge in [0.25, 0.3) is 0 Å². The normalized spacial score (nSPS) is 19.4. The van der Waals surface area contributed by atoms with Gasteiger partial charge in [0.15, 0.2) is 34.6 Å². The number of hydrogen-bond donors (Lipinski definition) is 3. The minimum atomic E-state index is -1.34. The van der Waals surface area contributed by atoms with Gasteiger partial charge in [0, 0.05) is 5.41 Å². The molecule has 38 heavy (non-hydrogen) atoms. The summed E-state index contributed by atoms with van der Waals surface area (Å²) in [5, 5.41) is 31.2. The van der Waals surface area contributed by atoms with Crippen molar-refractivity contribution in [1.82, 2.24) is 0 Å². The Morgan fingerprint density at radius 1 is 0.895 bits per heavy atom. The molecule has 200 valence electrons. The SMILES string of the molecule is COc1cc(/C=C(/C(=O)/C=C/c2ccc(O)c(OC)c2)C(=O)/C=C/C2(O)C(C)=CCCC2(C)C)ccc1O. The molecule has 0 amide bonds. The lowest BCUT2D eigenvalue weighted by Gasteiger charge is -2.44. The van der Waals surface area contributed by atoms with E-state index in [1.807, 2.05) is 26.8 Å². The van der Waals surface area contributed by atoms with Gasteiger partial charge in [-0.05, 0) is 85.0 Å². The van der Waals surface area contributed by atoms with Crippen LogP contribution < -0.4 is 9.47 Å². The maximum absolute atomic E-state index is 13.4. The van der Waals surface area contributed by atoms with Crippen molar-refractivity contribution in [2.45, 2.75) is 39.2 Å². The van der Waals surface area contributed by atoms with Crippen molar-refractivity contribution in [1.29, 1.82) is 0 Å². The summed E-state index contributed by atoms with van der Waals surface area (Å²) in [6, 6.07) is 9.09. The quantitative estimate of drug-likeness (QED) is 0.176. The molecule has 7 heteroatoms. The van der Waals surface area contributed by atoms with Gasteiger partial charge in [-0.2, -0.15) is 0 Å². The smallest absolute Gasteiger partial charge is 0.189 e. The summed E-state index contributed by atoms with van der Waals surface area (Å²) in [5.41, 5.74) is -0.180. The highest BCUT2D eigenvalue weighted by atomic mass is 16.5. The molecule has 1 unspecified atom stereocenters. The number of aromatic hydroxyl groups is 2. The number of ether oxygens (including phenoxy) is 2. The van der Waals surface area contributed by atoms with Crippen LogP contribution >= 0.6 is 0 Å². The highest BCUT2D eigenvalue weighted by Gasteiger charge is 2.44. The predicted octanol–water partition coefficient (Wildman–Crippen LogP) is 5.40. The van der Waals surface area contributed by atoms with Crippen molar-refractivity contribution in [2.24, 2.45) is 5.41 Å². The van der Waals surface area contributed by atoms with Gasteiger partial charge in [-0.3, -0.25) is 9.59 Å². The summed E-state index contributed by atoms with van der Waals surface area (Å²) in [7, 11) is 2.82. The van der Waals surface area contributed by atoms with Crippen LogP contribution in [0.3, 0.4) is 0 Å². The second-order valence-corrected chi connectivity index (χ2v) is 9.89. The number of methoxy groups -OCH3 is 2. The Morgan fingerprint density at radius 2 is 1.45 bits per heavy atom. The van der Waals surface area contributed by atoms with Crippen LogP contribution in [0.25, 0.3) is 12.2 Å². The summed E-state index contributed by atoms with van der Waals surface area (Å²) in [6.07, 6.45) is 10.4. The highest BCUT2D eigenvalue weighted by Crippen LogP contribution is 2.45. The third kappa shape index (κ3) is 6.06. The number of aliphatic hydroxyl groups is 1. The standard InChI is InChI=1S/C31H34O7/c1-20-7-6-15-30(2,3)31(20,36)16-14-25(33)23(17-22-10-13-27(35)29(19-22)38-5)24(32)11-8-21-9-12-26(34)28(18-21)37-4/h7-14,16-19,34-36H,6,15H2,1-5H3/b11-8+,16-14+,23-17-. The molecule has 7 nitrogen and oxygen atoms in total. The van der Waals surface area contributed by atoms with E-state index in [2.05, 4.69) is 0 Å². The van der Waals surface area contributed by atoms with Crippen molar-refractivity contribution in [3.8, 4) is 23.0 Å². The topological polar surface area (TPSA) is 113 Å². The molecule has 0 aromatic heterocycles. The molecule has 1 aliphatic rings. The maximum Gasteiger partial charge on any atom is 0.189 e. The van der Waals surface area contributed by atoms with Crippen LogP contribution in [0.1, 0.15) is 44.7 Å². The fraction of sp³-hybridized carbons (Fsp3) is 0.290. The largest absolute Gasteiger partial charge is 0.504 e. The summed E-state index contributed by atoms with van der Waals surface area (Å²) in [5.74, 6) is -0.824. The molecule has 2 aromatic carbocycles. The molecule has 1 atom stereocenters. The molecule has 2 aromatic rings. The van der Waals surface area contributed by atoms with Crippen LogP contribution in [0, 0.1) is 5.41 Å². The molecular weight excluding hydrogens is 484 g/mol. The molecule has 0 radical (unpaired) electrons. The second-order valence-electron chi connectivity index (χ2n) is 9.89. The van der Waals surface area contributed by atoms with E-state index in [9.17, 15) is 24.9 Å². The van der Waals surface area contributed by atoms with Crippen LogP contribution in [-0.4, -0.2) is 46.7 Å². The lowest BCUT2D eigenvalue weighted by atomic mass is 9.65. The third-order valence-electron chi connectivity index (χ3n) is 7.01. The Balaban J connectivity index is 2.01. The lowest BCUT2D eigenvalue weighted by Crippen LogP contribution is -2.46. The molecule has 1 aliphatic carbocycles. The van der Waals surface area contributed by atoms with Crippen molar-refractivity contribution in [3.05, 3.63) is 83.0 Å². The van der Waals surface area contributed by atoms with Crippen molar-refractivity contribution >= 4 is 23.7 Å². The number of carbonyl (C=O) groups excluding carboxylic acids is 2. The molecule has 0 fully saturated rings. The van der Waals surface area contributed by atoms with Gasteiger partial charge >= 0.3 is 0 Å². The monoisotopic (exact) mass is 518 g/mol. The Morgan fingerprint density at radius 3 is 2.03 bits per heavy atom. The zero-order chi connectivity index (χ0) is 28.1. The Labute approximate surface area is 223 Å². The van der Waals surface area contributed by atoms with E-state index in [0.29, 0.717) is 11.1 Å². The second kappa shape index (κ2) is 11.5. The molecule has 0 aliphatic heterocycles. The van der Waals surface area contributed by atoms with Gasteiger partial charge < -0.3 is 24.8 Å². The van der Waals surface area contributed by atoms with E-state index in [0.717, 1.165) is 18.4 Å². The zero-order valence-corrected chi connectivity index (χ0v) is 22.3. The summed E-state index contributed by atoms with van der Waals surface area (Å²) >= 11 is 0. The van der Waals surface area contributed by atoms with E-state index < -0.39 is 22.6 Å². The summed E-state index contributed by atoms with van der Waals surface area (Å²) in [6.45, 7) is 5.71. The van der Waals surface area contributed by atoms with Gasteiger partial charge in [0.05, 0.1) is 19.8 Å². The van der Waals surface area contributed by atoms with Crippen molar-refractivity contribution in [2.75, 3.05) is 14.2 Å². The molecule has 3 rings (SSSR count). The Hall–Kier alpha value is -4.10.